The van der Waals surface area contributed by atoms with E-state index in [2.05, 4.69) is 16.9 Å². The molecular weight excluding hydrogens is 396 g/mol. The number of thioether (sulfide) groups is 1. The van der Waals surface area contributed by atoms with E-state index in [1.807, 2.05) is 6.07 Å². The fraction of sp³-hybridized carbons (Fsp3) is 0.263. The number of nitrogens with one attached hydrogen (secondary N) is 1. The number of carbonyl (C=O) groups is 1. The second-order valence-electron chi connectivity index (χ2n) is 5.96. The van der Waals surface area contributed by atoms with E-state index in [-0.39, 0.29) is 11.5 Å². The first kappa shape index (κ1) is 20.2. The molecule has 1 aliphatic heterocycles. The van der Waals surface area contributed by atoms with E-state index in [0.29, 0.717) is 52.4 Å². The van der Waals surface area contributed by atoms with Crippen molar-refractivity contribution in [3.8, 4) is 0 Å². The van der Waals surface area contributed by atoms with Crippen molar-refractivity contribution in [2.45, 2.75) is 6.42 Å². The molecule has 1 saturated heterocycles. The van der Waals surface area contributed by atoms with Crippen LogP contribution in [0.3, 0.4) is 0 Å². The Morgan fingerprint density at radius 3 is 2.96 bits per heavy atom. The Hall–Kier alpha value is -2.49. The van der Waals surface area contributed by atoms with Crippen LogP contribution in [0.4, 0.5) is 5.82 Å². The number of amides is 1. The SMILES string of the molecule is C=CCNc1nc2ccccn2c(=O)c1/C=C1/SC(=S)N(CCCOC)C1=O. The molecule has 1 aliphatic rings. The number of aromatic nitrogens is 2. The first-order valence-corrected chi connectivity index (χ1v) is 9.89. The number of carbonyl (C=O) groups excluding carboxylic acids is 1. The summed E-state index contributed by atoms with van der Waals surface area (Å²) in [5, 5.41) is 3.08. The van der Waals surface area contributed by atoms with Gasteiger partial charge in [0.2, 0.25) is 0 Å². The molecule has 0 spiro atoms. The van der Waals surface area contributed by atoms with Crippen molar-refractivity contribution in [2.75, 3.05) is 32.1 Å². The van der Waals surface area contributed by atoms with Crippen LogP contribution in [-0.4, -0.2) is 51.3 Å². The van der Waals surface area contributed by atoms with E-state index in [0.717, 1.165) is 0 Å². The van der Waals surface area contributed by atoms with Crippen LogP contribution in [0.2, 0.25) is 0 Å². The fourth-order valence-corrected chi connectivity index (χ4v) is 4.02. The third-order valence-corrected chi connectivity index (χ3v) is 5.44. The average Bonchev–Trinajstić information content (AvgIpc) is 2.96. The Morgan fingerprint density at radius 1 is 1.39 bits per heavy atom. The first-order chi connectivity index (χ1) is 13.6. The lowest BCUT2D eigenvalue weighted by molar-refractivity contribution is -0.122. The Bertz CT molecular complexity index is 1020. The number of anilines is 1. The van der Waals surface area contributed by atoms with Crippen molar-refractivity contribution in [1.29, 1.82) is 0 Å². The molecule has 1 fully saturated rings. The summed E-state index contributed by atoms with van der Waals surface area (Å²) in [6.07, 6.45) is 5.57. The summed E-state index contributed by atoms with van der Waals surface area (Å²) in [7, 11) is 1.61. The van der Waals surface area contributed by atoms with E-state index in [1.165, 1.54) is 21.1 Å². The van der Waals surface area contributed by atoms with E-state index in [1.54, 1.807) is 37.6 Å². The molecule has 0 saturated carbocycles. The summed E-state index contributed by atoms with van der Waals surface area (Å²) in [6, 6.07) is 5.31. The summed E-state index contributed by atoms with van der Waals surface area (Å²) < 4.78 is 6.96. The Balaban J connectivity index is 2.01. The maximum Gasteiger partial charge on any atom is 0.267 e. The molecule has 0 aliphatic carbocycles. The van der Waals surface area contributed by atoms with Crippen LogP contribution in [0.1, 0.15) is 12.0 Å². The van der Waals surface area contributed by atoms with Crippen molar-refractivity contribution in [3.05, 3.63) is 57.9 Å². The molecule has 146 valence electrons. The van der Waals surface area contributed by atoms with Gasteiger partial charge < -0.3 is 10.1 Å². The van der Waals surface area contributed by atoms with Gasteiger partial charge in [0.15, 0.2) is 0 Å². The maximum absolute atomic E-state index is 13.0. The van der Waals surface area contributed by atoms with Crippen LogP contribution >= 0.6 is 24.0 Å². The van der Waals surface area contributed by atoms with Gasteiger partial charge in [-0.25, -0.2) is 4.98 Å². The summed E-state index contributed by atoms with van der Waals surface area (Å²) in [4.78, 5) is 32.2. The first-order valence-electron chi connectivity index (χ1n) is 8.67. The number of nitrogens with zero attached hydrogens (tertiary/aromatic N) is 3. The molecule has 9 heteroatoms. The van der Waals surface area contributed by atoms with Gasteiger partial charge in [0, 0.05) is 33.0 Å². The van der Waals surface area contributed by atoms with Gasteiger partial charge in [-0.05, 0) is 24.6 Å². The van der Waals surface area contributed by atoms with Gasteiger partial charge in [0.05, 0.1) is 10.5 Å². The van der Waals surface area contributed by atoms with E-state index in [9.17, 15) is 9.59 Å². The minimum Gasteiger partial charge on any atom is -0.385 e. The zero-order valence-corrected chi connectivity index (χ0v) is 17.0. The van der Waals surface area contributed by atoms with Gasteiger partial charge in [-0.15, -0.1) is 6.58 Å². The molecule has 2 aromatic heterocycles. The molecule has 3 rings (SSSR count). The summed E-state index contributed by atoms with van der Waals surface area (Å²) in [5.74, 6) is 0.194. The average molecular weight is 417 g/mol. The van der Waals surface area contributed by atoms with E-state index >= 15 is 0 Å². The Morgan fingerprint density at radius 2 is 2.21 bits per heavy atom. The summed E-state index contributed by atoms with van der Waals surface area (Å²) in [5.41, 5.74) is 0.563. The standard InChI is InChI=1S/C19H20N4O3S2/c1-3-8-20-16-13(17(24)22-9-5-4-7-15(22)21-16)12-14-18(25)23(19(27)28-14)10-6-11-26-2/h3-5,7,9,12,20H,1,6,8,10-11H2,2H3/b14-12+. The highest BCUT2D eigenvalue weighted by molar-refractivity contribution is 8.26. The van der Waals surface area contributed by atoms with Crippen molar-refractivity contribution >= 4 is 51.7 Å². The van der Waals surface area contributed by atoms with Crippen molar-refractivity contribution in [3.63, 3.8) is 0 Å². The van der Waals surface area contributed by atoms with Gasteiger partial charge in [0.25, 0.3) is 11.5 Å². The largest absolute Gasteiger partial charge is 0.385 e. The van der Waals surface area contributed by atoms with Gasteiger partial charge in [-0.1, -0.05) is 36.1 Å². The number of hydrogen-bond donors (Lipinski definition) is 1. The topological polar surface area (TPSA) is 75.9 Å². The lowest BCUT2D eigenvalue weighted by Crippen LogP contribution is -2.29. The highest BCUT2D eigenvalue weighted by atomic mass is 32.2. The number of ether oxygens (including phenoxy) is 1. The van der Waals surface area contributed by atoms with E-state index < -0.39 is 0 Å². The molecule has 0 radical (unpaired) electrons. The molecule has 28 heavy (non-hydrogen) atoms. The molecular formula is C19H20N4O3S2. The third-order valence-electron chi connectivity index (χ3n) is 4.06. The number of pyridine rings is 1. The predicted octanol–water partition coefficient (Wildman–Crippen LogP) is 2.53. The van der Waals surface area contributed by atoms with Gasteiger partial charge in [0.1, 0.15) is 15.8 Å². The smallest absolute Gasteiger partial charge is 0.267 e. The maximum atomic E-state index is 13.0. The summed E-state index contributed by atoms with van der Waals surface area (Å²) >= 11 is 6.52. The van der Waals surface area contributed by atoms with Crippen LogP contribution < -0.4 is 10.9 Å². The molecule has 2 aromatic rings. The van der Waals surface area contributed by atoms with Crippen LogP contribution in [-0.2, 0) is 9.53 Å². The molecule has 1 N–H and O–H groups in total. The number of methoxy groups -OCH3 is 1. The molecule has 1 amide bonds. The minimum absolute atomic E-state index is 0.210. The number of rotatable bonds is 8. The molecule has 0 aromatic carbocycles. The zero-order valence-electron chi connectivity index (χ0n) is 15.4. The van der Waals surface area contributed by atoms with Gasteiger partial charge in [-0.3, -0.25) is 18.9 Å². The number of hydrogen-bond acceptors (Lipinski definition) is 7. The Kier molecular flexibility index (Phi) is 6.61. The second-order valence-corrected chi connectivity index (χ2v) is 7.63. The minimum atomic E-state index is -0.262. The fourth-order valence-electron chi connectivity index (χ4n) is 2.73. The normalized spacial score (nSPS) is 15.6. The quantitative estimate of drug-likeness (QED) is 0.307. The lowest BCUT2D eigenvalue weighted by atomic mass is 10.2. The van der Waals surface area contributed by atoms with Crippen LogP contribution in [0.15, 0.2) is 46.8 Å². The van der Waals surface area contributed by atoms with Crippen LogP contribution in [0.25, 0.3) is 11.7 Å². The molecule has 0 bridgehead atoms. The van der Waals surface area contributed by atoms with Crippen LogP contribution in [0.5, 0.6) is 0 Å². The van der Waals surface area contributed by atoms with Gasteiger partial charge >= 0.3 is 0 Å². The third kappa shape index (κ3) is 4.16. The van der Waals surface area contributed by atoms with Crippen molar-refractivity contribution in [1.82, 2.24) is 14.3 Å². The Labute approximate surface area is 172 Å². The summed E-state index contributed by atoms with van der Waals surface area (Å²) in [6.45, 7) is 5.14. The van der Waals surface area contributed by atoms with E-state index in [4.69, 9.17) is 17.0 Å². The number of thiocarbonyl (C=S) groups is 1. The molecule has 3 heterocycles. The van der Waals surface area contributed by atoms with Crippen LogP contribution in [0, 0.1) is 0 Å². The monoisotopic (exact) mass is 416 g/mol. The van der Waals surface area contributed by atoms with Gasteiger partial charge in [-0.2, -0.15) is 0 Å². The second kappa shape index (κ2) is 9.13. The predicted molar refractivity (Wildman–Crippen MR) is 117 cm³/mol. The molecule has 0 atom stereocenters. The zero-order chi connectivity index (χ0) is 20.1. The van der Waals surface area contributed by atoms with Crippen molar-refractivity contribution in [2.24, 2.45) is 0 Å². The lowest BCUT2D eigenvalue weighted by Gasteiger charge is -2.13. The van der Waals surface area contributed by atoms with Crippen molar-refractivity contribution < 1.29 is 9.53 Å². The number of fused-ring (bicyclic) bond motifs is 1. The molecule has 7 nitrogen and oxygen atoms in total. The molecule has 0 unspecified atom stereocenters. The highest BCUT2D eigenvalue weighted by Crippen LogP contribution is 2.33. The highest BCUT2D eigenvalue weighted by Gasteiger charge is 2.32.